The molecule has 1 N–H and O–H groups in total. The minimum absolute atomic E-state index is 0.136. The van der Waals surface area contributed by atoms with Crippen LogP contribution in [0, 0.1) is 6.92 Å². The maximum Gasteiger partial charge on any atom is 0.411 e. The van der Waals surface area contributed by atoms with Gasteiger partial charge in [-0.05, 0) is 48.8 Å². The largest absolute Gasteiger partial charge is 0.543 e. The first-order valence-electron chi connectivity index (χ1n) is 6.72. The van der Waals surface area contributed by atoms with Gasteiger partial charge in [-0.25, -0.2) is 4.79 Å². The van der Waals surface area contributed by atoms with Crippen molar-refractivity contribution in [1.82, 2.24) is 0 Å². The fraction of sp³-hybridized carbons (Fsp3) is 0.533. The highest BCUT2D eigenvalue weighted by molar-refractivity contribution is 6.74. The Hall–Kier alpha value is -1.49. The van der Waals surface area contributed by atoms with E-state index in [0.717, 1.165) is 11.3 Å². The van der Waals surface area contributed by atoms with Crippen LogP contribution in [-0.4, -0.2) is 26.6 Å². The molecule has 0 spiro atoms. The summed E-state index contributed by atoms with van der Waals surface area (Å²) in [5, 5.41) is 9.16. The second kappa shape index (κ2) is 5.48. The molecule has 1 aromatic carbocycles. The maximum atomic E-state index is 11.0. The second-order valence-electron chi connectivity index (χ2n) is 6.65. The predicted molar refractivity (Wildman–Crippen MR) is 85.4 cm³/mol. The summed E-state index contributed by atoms with van der Waals surface area (Å²) >= 11 is 0. The van der Waals surface area contributed by atoms with E-state index >= 15 is 0 Å². The number of carboxylic acid groups (broad SMARTS) is 1. The van der Waals surface area contributed by atoms with Crippen molar-refractivity contribution < 1.29 is 14.3 Å². The molecule has 20 heavy (non-hydrogen) atoms. The summed E-state index contributed by atoms with van der Waals surface area (Å²) in [6.45, 7) is 12.9. The summed E-state index contributed by atoms with van der Waals surface area (Å²) in [5.74, 6) is 0.816. The van der Waals surface area contributed by atoms with Gasteiger partial charge in [-0.2, -0.15) is 0 Å². The zero-order valence-electron chi connectivity index (χ0n) is 13.4. The number of rotatable bonds is 3. The van der Waals surface area contributed by atoms with E-state index in [-0.39, 0.29) is 5.04 Å². The number of hydrogen-bond donors (Lipinski definition) is 1. The van der Waals surface area contributed by atoms with E-state index in [2.05, 4.69) is 33.9 Å². The van der Waals surface area contributed by atoms with E-state index < -0.39 is 14.4 Å². The van der Waals surface area contributed by atoms with Crippen molar-refractivity contribution in [2.45, 2.75) is 45.8 Å². The van der Waals surface area contributed by atoms with Crippen molar-refractivity contribution in [3.8, 4) is 5.75 Å². The van der Waals surface area contributed by atoms with Crippen molar-refractivity contribution in [2.24, 2.45) is 0 Å². The smallest absolute Gasteiger partial charge is 0.411 e. The lowest BCUT2D eigenvalue weighted by Gasteiger charge is -2.36. The van der Waals surface area contributed by atoms with Crippen LogP contribution in [0.2, 0.25) is 18.1 Å². The lowest BCUT2D eigenvalue weighted by atomic mass is 10.2. The Kier molecular flexibility index (Phi) is 4.54. The van der Waals surface area contributed by atoms with Crippen LogP contribution in [0.25, 0.3) is 0 Å². The lowest BCUT2D eigenvalue weighted by Crippen LogP contribution is -2.43. The molecule has 1 amide bonds. The number of nitrogens with zero attached hydrogens (tertiary/aromatic N) is 1. The number of carbonyl (C=O) groups is 1. The number of benzene rings is 1. The van der Waals surface area contributed by atoms with Gasteiger partial charge in [0.2, 0.25) is 8.32 Å². The van der Waals surface area contributed by atoms with Gasteiger partial charge in [-0.3, -0.25) is 4.90 Å². The number of hydrogen-bond acceptors (Lipinski definition) is 2. The molecule has 0 aromatic heterocycles. The van der Waals surface area contributed by atoms with Crippen LogP contribution in [0.15, 0.2) is 18.2 Å². The first kappa shape index (κ1) is 16.6. The predicted octanol–water partition coefficient (Wildman–Crippen LogP) is 4.49. The van der Waals surface area contributed by atoms with E-state index in [9.17, 15) is 4.79 Å². The van der Waals surface area contributed by atoms with Crippen molar-refractivity contribution >= 4 is 20.1 Å². The zero-order valence-corrected chi connectivity index (χ0v) is 14.4. The molecule has 0 heterocycles. The van der Waals surface area contributed by atoms with Gasteiger partial charge in [-0.1, -0.05) is 20.8 Å². The minimum atomic E-state index is -1.86. The second-order valence-corrected chi connectivity index (χ2v) is 11.4. The first-order chi connectivity index (χ1) is 8.95. The van der Waals surface area contributed by atoms with Crippen molar-refractivity contribution in [1.29, 1.82) is 0 Å². The topological polar surface area (TPSA) is 49.8 Å². The molecule has 0 unspecified atom stereocenters. The average Bonchev–Trinajstić information content (AvgIpc) is 2.26. The van der Waals surface area contributed by atoms with E-state index in [0.29, 0.717) is 5.69 Å². The Balaban J connectivity index is 3.02. The maximum absolute atomic E-state index is 11.0. The van der Waals surface area contributed by atoms with Crippen LogP contribution in [0.4, 0.5) is 10.5 Å². The molecule has 0 fully saturated rings. The molecule has 112 valence electrons. The molecule has 0 aliphatic carbocycles. The Morgan fingerprint density at radius 1 is 1.30 bits per heavy atom. The van der Waals surface area contributed by atoms with Crippen LogP contribution in [0.5, 0.6) is 5.75 Å². The number of anilines is 1. The van der Waals surface area contributed by atoms with Gasteiger partial charge >= 0.3 is 6.09 Å². The summed E-state index contributed by atoms with van der Waals surface area (Å²) in [6, 6.07) is 5.56. The third kappa shape index (κ3) is 3.54. The minimum Gasteiger partial charge on any atom is -0.543 e. The van der Waals surface area contributed by atoms with Crippen LogP contribution in [0.1, 0.15) is 26.3 Å². The SMILES string of the molecule is Cc1cc(O[Si](C)(C)C(C)(C)C)ccc1N(C)C(=O)O. The van der Waals surface area contributed by atoms with Crippen molar-refractivity contribution in [3.05, 3.63) is 23.8 Å². The van der Waals surface area contributed by atoms with E-state index in [4.69, 9.17) is 9.53 Å². The van der Waals surface area contributed by atoms with Crippen LogP contribution in [0.3, 0.4) is 0 Å². The Labute approximate surface area is 122 Å². The lowest BCUT2D eigenvalue weighted by molar-refractivity contribution is 0.203. The molecule has 5 heteroatoms. The van der Waals surface area contributed by atoms with E-state index in [1.54, 1.807) is 13.1 Å². The molecule has 1 aromatic rings. The van der Waals surface area contributed by atoms with Gasteiger partial charge in [0.05, 0.1) is 0 Å². The monoisotopic (exact) mass is 295 g/mol. The molecule has 0 aliphatic heterocycles. The Bertz CT molecular complexity index is 506. The quantitative estimate of drug-likeness (QED) is 0.836. The summed E-state index contributed by atoms with van der Waals surface area (Å²) in [5.41, 5.74) is 1.58. The molecular weight excluding hydrogens is 270 g/mol. The summed E-state index contributed by atoms with van der Waals surface area (Å²) in [7, 11) is -0.324. The van der Waals surface area contributed by atoms with Gasteiger partial charge in [0.25, 0.3) is 0 Å². The van der Waals surface area contributed by atoms with Crippen molar-refractivity contribution in [2.75, 3.05) is 11.9 Å². The third-order valence-corrected chi connectivity index (χ3v) is 8.35. The fourth-order valence-corrected chi connectivity index (χ4v) is 2.64. The van der Waals surface area contributed by atoms with E-state index in [1.807, 2.05) is 19.1 Å². The van der Waals surface area contributed by atoms with Gasteiger partial charge in [-0.15, -0.1) is 0 Å². The zero-order chi connectivity index (χ0) is 15.7. The summed E-state index contributed by atoms with van der Waals surface area (Å²) < 4.78 is 6.22. The highest BCUT2D eigenvalue weighted by Gasteiger charge is 2.39. The Morgan fingerprint density at radius 3 is 2.25 bits per heavy atom. The fourth-order valence-electron chi connectivity index (χ4n) is 1.62. The summed E-state index contributed by atoms with van der Waals surface area (Å²) in [4.78, 5) is 12.2. The van der Waals surface area contributed by atoms with E-state index in [1.165, 1.54) is 4.90 Å². The van der Waals surface area contributed by atoms with Gasteiger partial charge < -0.3 is 9.53 Å². The molecular formula is C15H25NO3Si. The molecule has 0 bridgehead atoms. The highest BCUT2D eigenvalue weighted by Crippen LogP contribution is 2.38. The molecule has 0 radical (unpaired) electrons. The van der Waals surface area contributed by atoms with Crippen molar-refractivity contribution in [3.63, 3.8) is 0 Å². The Morgan fingerprint density at radius 2 is 1.85 bits per heavy atom. The van der Waals surface area contributed by atoms with Gasteiger partial charge in [0, 0.05) is 12.7 Å². The average molecular weight is 295 g/mol. The molecule has 0 aliphatic rings. The third-order valence-electron chi connectivity index (χ3n) is 4.00. The summed E-state index contributed by atoms with van der Waals surface area (Å²) in [6.07, 6.45) is -0.967. The van der Waals surface area contributed by atoms with Crippen LogP contribution >= 0.6 is 0 Å². The van der Waals surface area contributed by atoms with Gasteiger partial charge in [0.1, 0.15) is 5.75 Å². The molecule has 4 nitrogen and oxygen atoms in total. The first-order valence-corrected chi connectivity index (χ1v) is 9.63. The van der Waals surface area contributed by atoms with Crippen LogP contribution < -0.4 is 9.33 Å². The molecule has 0 saturated carbocycles. The van der Waals surface area contributed by atoms with Crippen LogP contribution in [-0.2, 0) is 0 Å². The molecule has 0 atom stereocenters. The molecule has 1 rings (SSSR count). The van der Waals surface area contributed by atoms with Gasteiger partial charge in [0.15, 0.2) is 0 Å². The molecule has 0 saturated heterocycles. The normalized spacial score (nSPS) is 12.2. The standard InChI is InChI=1S/C15H25NO3Si/c1-11-10-12(19-20(6,7)15(2,3)4)8-9-13(11)16(5)14(17)18/h8-10H,1-7H3,(H,17,18). The number of aryl methyl sites for hydroxylation is 1. The number of amides is 1. The highest BCUT2D eigenvalue weighted by atomic mass is 28.4.